The molecule has 0 unspecified atom stereocenters. The summed E-state index contributed by atoms with van der Waals surface area (Å²) in [6, 6.07) is 2.25. The van der Waals surface area contributed by atoms with Crippen molar-refractivity contribution >= 4 is 17.4 Å². The minimum Gasteiger partial charge on any atom is -0.294 e. The average Bonchev–Trinajstić information content (AvgIpc) is 2.39. The van der Waals surface area contributed by atoms with E-state index >= 15 is 0 Å². The van der Waals surface area contributed by atoms with Crippen LogP contribution < -0.4 is 0 Å². The molecule has 0 fully saturated rings. The van der Waals surface area contributed by atoms with Crippen LogP contribution in [0.4, 0.5) is 13.2 Å². The van der Waals surface area contributed by atoms with Crippen molar-refractivity contribution in [1.29, 1.82) is 0 Å². The molecule has 1 aliphatic rings. The molecule has 2 rings (SSSR count). The van der Waals surface area contributed by atoms with Crippen LogP contribution >= 0.6 is 11.6 Å². The van der Waals surface area contributed by atoms with Gasteiger partial charge in [-0.3, -0.25) is 4.79 Å². The van der Waals surface area contributed by atoms with Crippen molar-refractivity contribution in [1.82, 2.24) is 0 Å². The fourth-order valence-electron chi connectivity index (χ4n) is 2.13. The van der Waals surface area contributed by atoms with E-state index in [4.69, 9.17) is 11.6 Å². The van der Waals surface area contributed by atoms with Crippen LogP contribution in [0.2, 0.25) is 5.02 Å². The monoisotopic (exact) mass is 262 g/mol. The highest BCUT2D eigenvalue weighted by molar-refractivity contribution is 6.31. The van der Waals surface area contributed by atoms with E-state index < -0.39 is 11.7 Å². The molecule has 0 bridgehead atoms. The van der Waals surface area contributed by atoms with Gasteiger partial charge in [0.25, 0.3) is 0 Å². The molecule has 0 atom stereocenters. The predicted molar refractivity (Wildman–Crippen MR) is 58.3 cm³/mol. The molecule has 1 aliphatic carbocycles. The van der Waals surface area contributed by atoms with Crippen LogP contribution in [0.5, 0.6) is 0 Å². The largest absolute Gasteiger partial charge is 0.416 e. The van der Waals surface area contributed by atoms with Gasteiger partial charge in [0, 0.05) is 17.0 Å². The Hall–Kier alpha value is -1.03. The molecule has 0 saturated heterocycles. The summed E-state index contributed by atoms with van der Waals surface area (Å²) in [6.45, 7) is 0. The van der Waals surface area contributed by atoms with Crippen LogP contribution in [-0.4, -0.2) is 5.78 Å². The third-order valence-electron chi connectivity index (χ3n) is 2.90. The van der Waals surface area contributed by atoms with Crippen LogP contribution in [0.15, 0.2) is 12.1 Å². The Morgan fingerprint density at radius 2 is 1.76 bits per heavy atom. The number of fused-ring (bicyclic) bond motifs is 1. The smallest absolute Gasteiger partial charge is 0.294 e. The van der Waals surface area contributed by atoms with Crippen molar-refractivity contribution < 1.29 is 18.0 Å². The number of rotatable bonds is 0. The number of alkyl halides is 3. The molecule has 17 heavy (non-hydrogen) atoms. The highest BCUT2D eigenvalue weighted by Crippen LogP contribution is 2.37. The van der Waals surface area contributed by atoms with Crippen molar-refractivity contribution in [2.75, 3.05) is 0 Å². The van der Waals surface area contributed by atoms with Crippen molar-refractivity contribution in [2.45, 2.75) is 31.9 Å². The number of Topliss-reactive ketones (excluding diaryl/α,β-unsaturated/α-hetero) is 1. The second-order valence-electron chi connectivity index (χ2n) is 4.11. The fraction of sp³-hybridized carbons (Fsp3) is 0.417. The first-order chi connectivity index (χ1) is 7.89. The summed E-state index contributed by atoms with van der Waals surface area (Å²) in [5.41, 5.74) is -0.526. The number of carbonyl (C=O) groups is 1. The topological polar surface area (TPSA) is 17.1 Å². The Morgan fingerprint density at radius 1 is 1.12 bits per heavy atom. The lowest BCUT2D eigenvalue weighted by atomic mass is 9.96. The van der Waals surface area contributed by atoms with E-state index in [0.29, 0.717) is 19.3 Å². The summed E-state index contributed by atoms with van der Waals surface area (Å²) < 4.78 is 38.5. The van der Waals surface area contributed by atoms with Crippen LogP contribution in [0.25, 0.3) is 0 Å². The number of halogens is 4. The van der Waals surface area contributed by atoms with Crippen molar-refractivity contribution in [3.8, 4) is 0 Å². The average molecular weight is 263 g/mol. The Bertz CT molecular complexity index is 466. The molecule has 0 heterocycles. The zero-order valence-electron chi connectivity index (χ0n) is 8.90. The van der Waals surface area contributed by atoms with E-state index in [-0.39, 0.29) is 28.4 Å². The van der Waals surface area contributed by atoms with E-state index in [1.807, 2.05) is 0 Å². The lowest BCUT2D eigenvalue weighted by molar-refractivity contribution is -0.138. The third-order valence-corrected chi connectivity index (χ3v) is 3.12. The molecule has 0 amide bonds. The molecule has 1 aromatic carbocycles. The van der Waals surface area contributed by atoms with Gasteiger partial charge in [-0.1, -0.05) is 11.6 Å². The standard InChI is InChI=1S/C12H10ClF3O/c13-7-5-9-8(3-1-2-4-11(9)17)10(6-7)12(14,15)16/h5-6H,1-4H2. The molecule has 0 radical (unpaired) electrons. The summed E-state index contributed by atoms with van der Waals surface area (Å²) in [5, 5.41) is -0.0358. The summed E-state index contributed by atoms with van der Waals surface area (Å²) in [6.07, 6.45) is -2.65. The van der Waals surface area contributed by atoms with E-state index in [1.54, 1.807) is 0 Å². The second kappa shape index (κ2) is 4.33. The van der Waals surface area contributed by atoms with Crippen molar-refractivity contribution in [2.24, 2.45) is 0 Å². The summed E-state index contributed by atoms with van der Waals surface area (Å²) >= 11 is 5.65. The molecular weight excluding hydrogens is 253 g/mol. The first kappa shape index (κ1) is 12.4. The highest BCUT2D eigenvalue weighted by Gasteiger charge is 2.35. The molecule has 92 valence electrons. The maximum Gasteiger partial charge on any atom is 0.416 e. The van der Waals surface area contributed by atoms with Gasteiger partial charge < -0.3 is 0 Å². The Balaban J connectivity index is 2.65. The van der Waals surface area contributed by atoms with Crippen LogP contribution in [-0.2, 0) is 12.6 Å². The van der Waals surface area contributed by atoms with Gasteiger partial charge in [-0.25, -0.2) is 0 Å². The van der Waals surface area contributed by atoms with E-state index in [0.717, 1.165) is 6.07 Å². The quantitative estimate of drug-likeness (QED) is 0.638. The van der Waals surface area contributed by atoms with E-state index in [1.165, 1.54) is 6.07 Å². The SMILES string of the molecule is O=C1CCCCc2c1cc(Cl)cc2C(F)(F)F. The zero-order valence-corrected chi connectivity index (χ0v) is 9.66. The number of carbonyl (C=O) groups excluding carboxylic acids is 1. The second-order valence-corrected chi connectivity index (χ2v) is 4.54. The minimum absolute atomic E-state index is 0.0358. The van der Waals surface area contributed by atoms with Gasteiger partial charge in [-0.15, -0.1) is 0 Å². The van der Waals surface area contributed by atoms with Gasteiger partial charge in [0.15, 0.2) is 5.78 Å². The lowest BCUT2D eigenvalue weighted by Gasteiger charge is -2.15. The number of hydrogen-bond acceptors (Lipinski definition) is 1. The number of hydrogen-bond donors (Lipinski definition) is 0. The molecule has 5 heteroatoms. The summed E-state index contributed by atoms with van der Waals surface area (Å²) in [7, 11) is 0. The Kier molecular flexibility index (Phi) is 3.17. The normalized spacial score (nSPS) is 16.6. The van der Waals surface area contributed by atoms with Gasteiger partial charge in [0.2, 0.25) is 0 Å². The van der Waals surface area contributed by atoms with E-state index in [2.05, 4.69) is 0 Å². The van der Waals surface area contributed by atoms with E-state index in [9.17, 15) is 18.0 Å². The van der Waals surface area contributed by atoms with Crippen molar-refractivity contribution in [3.63, 3.8) is 0 Å². The molecule has 0 aliphatic heterocycles. The van der Waals surface area contributed by atoms with Gasteiger partial charge in [-0.05, 0) is 37.0 Å². The number of benzene rings is 1. The molecule has 1 aromatic rings. The third kappa shape index (κ3) is 2.46. The predicted octanol–water partition coefficient (Wildman–Crippen LogP) is 4.27. The van der Waals surface area contributed by atoms with Gasteiger partial charge >= 0.3 is 6.18 Å². The van der Waals surface area contributed by atoms with Crippen LogP contribution in [0, 0.1) is 0 Å². The molecule has 0 spiro atoms. The lowest BCUT2D eigenvalue weighted by Crippen LogP contribution is -2.12. The Morgan fingerprint density at radius 3 is 2.41 bits per heavy atom. The van der Waals surface area contributed by atoms with Gasteiger partial charge in [0.1, 0.15) is 0 Å². The van der Waals surface area contributed by atoms with Crippen LogP contribution in [0.1, 0.15) is 40.7 Å². The molecule has 0 N–H and O–H groups in total. The molecule has 1 nitrogen and oxygen atoms in total. The Labute approximate surface area is 102 Å². The molecule has 0 saturated carbocycles. The van der Waals surface area contributed by atoms with Crippen molar-refractivity contribution in [3.05, 3.63) is 33.8 Å². The first-order valence-electron chi connectivity index (χ1n) is 5.32. The molecular formula is C12H10ClF3O. The van der Waals surface area contributed by atoms with Crippen LogP contribution in [0.3, 0.4) is 0 Å². The maximum absolute atomic E-state index is 12.8. The first-order valence-corrected chi connectivity index (χ1v) is 5.70. The fourth-order valence-corrected chi connectivity index (χ4v) is 2.35. The summed E-state index contributed by atoms with van der Waals surface area (Å²) in [5.74, 6) is -0.245. The maximum atomic E-state index is 12.8. The zero-order chi connectivity index (χ0) is 12.6. The molecule has 0 aromatic heterocycles. The summed E-state index contributed by atoms with van der Waals surface area (Å²) in [4.78, 5) is 11.7. The van der Waals surface area contributed by atoms with Gasteiger partial charge in [0.05, 0.1) is 5.56 Å². The van der Waals surface area contributed by atoms with Gasteiger partial charge in [-0.2, -0.15) is 13.2 Å². The number of ketones is 1. The minimum atomic E-state index is -4.46. The highest BCUT2D eigenvalue weighted by atomic mass is 35.5.